The van der Waals surface area contributed by atoms with Crippen molar-refractivity contribution in [3.8, 4) is 0 Å². The molecular formula is C9H16O2. The van der Waals surface area contributed by atoms with E-state index in [0.29, 0.717) is 6.29 Å². The van der Waals surface area contributed by atoms with Crippen LogP contribution in [0, 0.1) is 0 Å². The van der Waals surface area contributed by atoms with Gasteiger partial charge < -0.3 is 5.11 Å². The summed E-state index contributed by atoms with van der Waals surface area (Å²) in [7, 11) is 0. The van der Waals surface area contributed by atoms with E-state index >= 15 is 0 Å². The first-order valence-corrected chi connectivity index (χ1v) is 4.11. The molecule has 64 valence electrons. The fraction of sp³-hybridized carbons (Fsp3) is 0.667. The molecule has 0 bridgehead atoms. The van der Waals surface area contributed by atoms with Crippen LogP contribution in [0.3, 0.4) is 0 Å². The molecule has 0 fully saturated rings. The summed E-state index contributed by atoms with van der Waals surface area (Å²) >= 11 is 0. The lowest BCUT2D eigenvalue weighted by Gasteiger charge is -2.02. The Labute approximate surface area is 67.9 Å². The highest BCUT2D eigenvalue weighted by molar-refractivity contribution is 5.64. The molecule has 0 aliphatic heterocycles. The molecule has 11 heavy (non-hydrogen) atoms. The van der Waals surface area contributed by atoms with Crippen molar-refractivity contribution in [1.82, 2.24) is 0 Å². The minimum Gasteiger partial charge on any atom is -0.389 e. The highest BCUT2D eigenvalue weighted by Gasteiger charge is 1.96. The van der Waals surface area contributed by atoms with Crippen molar-refractivity contribution in [3.63, 3.8) is 0 Å². The van der Waals surface area contributed by atoms with Crippen LogP contribution in [-0.4, -0.2) is 17.5 Å². The molecule has 0 saturated heterocycles. The number of carbonyl (C=O) groups is 1. The minimum absolute atomic E-state index is 0.438. The monoisotopic (exact) mass is 156 g/mol. The van der Waals surface area contributed by atoms with Crippen LogP contribution in [0.2, 0.25) is 0 Å². The minimum atomic E-state index is -0.438. The molecule has 0 amide bonds. The second-order valence-electron chi connectivity index (χ2n) is 2.58. The molecule has 0 rings (SSSR count). The van der Waals surface area contributed by atoms with Crippen LogP contribution in [0.4, 0.5) is 0 Å². The third-order valence-electron chi connectivity index (χ3n) is 1.52. The highest BCUT2D eigenvalue weighted by Crippen LogP contribution is 2.03. The third-order valence-corrected chi connectivity index (χ3v) is 1.52. The van der Waals surface area contributed by atoms with E-state index in [1.165, 1.54) is 12.2 Å². The number of aliphatic hydroxyl groups is 1. The van der Waals surface area contributed by atoms with Gasteiger partial charge in [-0.05, 0) is 12.5 Å². The third kappa shape index (κ3) is 7.26. The van der Waals surface area contributed by atoms with Crippen molar-refractivity contribution in [2.75, 3.05) is 0 Å². The number of carbonyl (C=O) groups excluding carboxylic acids is 1. The maximum Gasteiger partial charge on any atom is 0.142 e. The van der Waals surface area contributed by atoms with Gasteiger partial charge in [-0.25, -0.2) is 0 Å². The maximum atomic E-state index is 9.84. The molecule has 1 N–H and O–H groups in total. The molecule has 2 nitrogen and oxygen atoms in total. The second kappa shape index (κ2) is 7.48. The van der Waals surface area contributed by atoms with Crippen molar-refractivity contribution in [1.29, 1.82) is 0 Å². The molecule has 0 aliphatic carbocycles. The largest absolute Gasteiger partial charge is 0.389 e. The average Bonchev–Trinajstić information content (AvgIpc) is 2.01. The van der Waals surface area contributed by atoms with Gasteiger partial charge in [-0.3, -0.25) is 4.79 Å². The number of hydrogen-bond acceptors (Lipinski definition) is 2. The Kier molecular flexibility index (Phi) is 7.05. The lowest BCUT2D eigenvalue weighted by molar-refractivity contribution is -0.104. The summed E-state index contributed by atoms with van der Waals surface area (Å²) in [6.07, 6.45) is 7.21. The molecule has 0 heterocycles. The average molecular weight is 156 g/mol. The smallest absolute Gasteiger partial charge is 0.142 e. The first-order chi connectivity index (χ1) is 5.31. The molecule has 2 heteroatoms. The summed E-state index contributed by atoms with van der Waals surface area (Å²) in [5.41, 5.74) is 0. The van der Waals surface area contributed by atoms with Crippen LogP contribution in [0.25, 0.3) is 0 Å². The number of rotatable bonds is 6. The zero-order chi connectivity index (χ0) is 8.53. The Morgan fingerprint density at radius 3 is 2.73 bits per heavy atom. The zero-order valence-electron chi connectivity index (χ0n) is 6.99. The zero-order valence-corrected chi connectivity index (χ0v) is 6.99. The number of aldehydes is 1. The van der Waals surface area contributed by atoms with E-state index in [1.54, 1.807) is 0 Å². The Bertz CT molecular complexity index is 119. The van der Waals surface area contributed by atoms with Crippen molar-refractivity contribution in [2.24, 2.45) is 0 Å². The Hall–Kier alpha value is -0.630. The Morgan fingerprint density at radius 1 is 1.45 bits per heavy atom. The SMILES string of the molecule is CCCCC[C@H](O)/C=C/C=O. The van der Waals surface area contributed by atoms with Crippen LogP contribution < -0.4 is 0 Å². The van der Waals surface area contributed by atoms with Crippen molar-refractivity contribution >= 4 is 6.29 Å². The van der Waals surface area contributed by atoms with Gasteiger partial charge in [-0.15, -0.1) is 0 Å². The van der Waals surface area contributed by atoms with Crippen molar-refractivity contribution in [3.05, 3.63) is 12.2 Å². The predicted octanol–water partition coefficient (Wildman–Crippen LogP) is 1.68. The van der Waals surface area contributed by atoms with Gasteiger partial charge in [0.1, 0.15) is 6.29 Å². The molecule has 0 aromatic carbocycles. The van der Waals surface area contributed by atoms with Gasteiger partial charge in [0.25, 0.3) is 0 Å². The molecule has 0 radical (unpaired) electrons. The van der Waals surface area contributed by atoms with Gasteiger partial charge in [0.2, 0.25) is 0 Å². The summed E-state index contributed by atoms with van der Waals surface area (Å²) in [4.78, 5) is 9.84. The summed E-state index contributed by atoms with van der Waals surface area (Å²) in [6, 6.07) is 0. The molecular weight excluding hydrogens is 140 g/mol. The lowest BCUT2D eigenvalue weighted by Crippen LogP contribution is -2.01. The Morgan fingerprint density at radius 2 is 2.18 bits per heavy atom. The summed E-state index contributed by atoms with van der Waals surface area (Å²) in [6.45, 7) is 2.12. The summed E-state index contributed by atoms with van der Waals surface area (Å²) in [5, 5.41) is 9.16. The van der Waals surface area contributed by atoms with Crippen LogP contribution in [0.1, 0.15) is 32.6 Å². The molecule has 0 aromatic rings. The van der Waals surface area contributed by atoms with E-state index in [2.05, 4.69) is 6.92 Å². The topological polar surface area (TPSA) is 37.3 Å². The Balaban J connectivity index is 3.28. The first-order valence-electron chi connectivity index (χ1n) is 4.11. The van der Waals surface area contributed by atoms with Gasteiger partial charge in [0.05, 0.1) is 6.10 Å². The number of aliphatic hydroxyl groups excluding tert-OH is 1. The van der Waals surface area contributed by atoms with E-state index in [0.717, 1.165) is 25.7 Å². The normalized spacial score (nSPS) is 13.6. The van der Waals surface area contributed by atoms with Crippen LogP contribution in [0.15, 0.2) is 12.2 Å². The quantitative estimate of drug-likeness (QED) is 0.361. The molecule has 0 spiro atoms. The second-order valence-corrected chi connectivity index (χ2v) is 2.58. The van der Waals surface area contributed by atoms with E-state index < -0.39 is 6.10 Å². The predicted molar refractivity (Wildman–Crippen MR) is 45.4 cm³/mol. The van der Waals surface area contributed by atoms with Crippen LogP contribution in [0.5, 0.6) is 0 Å². The fourth-order valence-electron chi connectivity index (χ4n) is 0.873. The number of unbranched alkanes of at least 4 members (excludes halogenated alkanes) is 2. The van der Waals surface area contributed by atoms with E-state index in [9.17, 15) is 4.79 Å². The summed E-state index contributed by atoms with van der Waals surface area (Å²) < 4.78 is 0. The number of allylic oxidation sites excluding steroid dienone is 1. The standard InChI is InChI=1S/C9H16O2/c1-2-3-4-6-9(11)7-5-8-10/h5,7-9,11H,2-4,6H2,1H3/b7-5+/t9-/m0/s1. The van der Waals surface area contributed by atoms with Crippen molar-refractivity contribution in [2.45, 2.75) is 38.7 Å². The molecule has 1 atom stereocenters. The molecule has 0 unspecified atom stereocenters. The van der Waals surface area contributed by atoms with Crippen LogP contribution >= 0.6 is 0 Å². The van der Waals surface area contributed by atoms with E-state index in [4.69, 9.17) is 5.11 Å². The fourth-order valence-corrected chi connectivity index (χ4v) is 0.873. The van der Waals surface area contributed by atoms with Gasteiger partial charge in [0, 0.05) is 0 Å². The van der Waals surface area contributed by atoms with E-state index in [1.807, 2.05) is 0 Å². The van der Waals surface area contributed by atoms with Gasteiger partial charge in [-0.2, -0.15) is 0 Å². The van der Waals surface area contributed by atoms with E-state index in [-0.39, 0.29) is 0 Å². The molecule has 0 aliphatic rings. The number of hydrogen-bond donors (Lipinski definition) is 1. The maximum absolute atomic E-state index is 9.84. The van der Waals surface area contributed by atoms with Crippen LogP contribution in [-0.2, 0) is 4.79 Å². The lowest BCUT2D eigenvalue weighted by atomic mass is 10.1. The first kappa shape index (κ1) is 10.4. The van der Waals surface area contributed by atoms with Gasteiger partial charge in [-0.1, -0.05) is 32.3 Å². The highest BCUT2D eigenvalue weighted by atomic mass is 16.3. The van der Waals surface area contributed by atoms with Crippen molar-refractivity contribution < 1.29 is 9.90 Å². The molecule has 0 aromatic heterocycles. The molecule has 0 saturated carbocycles. The summed E-state index contributed by atoms with van der Waals surface area (Å²) in [5.74, 6) is 0. The van der Waals surface area contributed by atoms with Gasteiger partial charge in [0.15, 0.2) is 0 Å². The van der Waals surface area contributed by atoms with Gasteiger partial charge >= 0.3 is 0 Å².